The van der Waals surface area contributed by atoms with Crippen molar-refractivity contribution in [1.82, 2.24) is 4.90 Å². The summed E-state index contributed by atoms with van der Waals surface area (Å²) in [7, 11) is 3.34. The molecule has 1 atom stereocenters. The van der Waals surface area contributed by atoms with Crippen LogP contribution in [0, 0.1) is 0 Å². The summed E-state index contributed by atoms with van der Waals surface area (Å²) in [4.78, 5) is 13.8. The lowest BCUT2D eigenvalue weighted by Gasteiger charge is -2.19. The fraction of sp³-hybridized carbons (Fsp3) is 0.462. The first-order valence-electron chi connectivity index (χ1n) is 5.68. The lowest BCUT2D eigenvalue weighted by Crippen LogP contribution is -2.35. The van der Waals surface area contributed by atoms with Gasteiger partial charge in [-0.25, -0.2) is 0 Å². The second-order valence-corrected chi connectivity index (χ2v) is 5.06. The molecule has 18 heavy (non-hydrogen) atoms. The van der Waals surface area contributed by atoms with Gasteiger partial charge in [-0.05, 0) is 13.1 Å². The van der Waals surface area contributed by atoms with Gasteiger partial charge in [0.05, 0.1) is 19.3 Å². The maximum absolute atomic E-state index is 12.0. The topological polar surface area (TPSA) is 49.8 Å². The first-order valence-corrected chi connectivity index (χ1v) is 6.47. The third kappa shape index (κ3) is 4.86. The molecule has 0 amide bonds. The summed E-state index contributed by atoms with van der Waals surface area (Å²) in [5.74, 6) is 0.0228. The van der Waals surface area contributed by atoms with Crippen molar-refractivity contribution in [3.8, 4) is 0 Å². The lowest BCUT2D eigenvalue weighted by molar-refractivity contribution is 0.0427. The Labute approximate surface area is 116 Å². The molecule has 0 saturated carbocycles. The number of nitrogens with zero attached hydrogens (tertiary/aromatic N) is 1. The third-order valence-electron chi connectivity index (χ3n) is 2.47. The molecule has 1 rings (SSSR count). The molecule has 5 heteroatoms. The van der Waals surface area contributed by atoms with E-state index in [9.17, 15) is 9.90 Å². The summed E-state index contributed by atoms with van der Waals surface area (Å²) in [6.45, 7) is 0.945. The zero-order valence-electron chi connectivity index (χ0n) is 10.6. The number of aliphatic hydroxyl groups excluding tert-OH is 1. The quantitative estimate of drug-likeness (QED) is 0.776. The van der Waals surface area contributed by atoms with Gasteiger partial charge in [-0.1, -0.05) is 34.1 Å². The molecule has 1 unspecified atom stereocenters. The van der Waals surface area contributed by atoms with E-state index in [-0.39, 0.29) is 18.9 Å². The average molecular weight is 316 g/mol. The van der Waals surface area contributed by atoms with E-state index in [1.54, 1.807) is 18.0 Å². The maximum atomic E-state index is 12.0. The van der Waals surface area contributed by atoms with Crippen molar-refractivity contribution in [3.05, 3.63) is 34.3 Å². The molecule has 1 N–H and O–H groups in total. The molecule has 0 spiro atoms. The summed E-state index contributed by atoms with van der Waals surface area (Å²) in [6.07, 6.45) is -0.577. The van der Waals surface area contributed by atoms with Gasteiger partial charge in [-0.15, -0.1) is 0 Å². The van der Waals surface area contributed by atoms with Crippen LogP contribution < -0.4 is 0 Å². The van der Waals surface area contributed by atoms with Gasteiger partial charge in [0.25, 0.3) is 0 Å². The third-order valence-corrected chi connectivity index (χ3v) is 3.16. The summed E-state index contributed by atoms with van der Waals surface area (Å²) in [5.41, 5.74) is 0.658. The van der Waals surface area contributed by atoms with Crippen molar-refractivity contribution in [2.24, 2.45) is 0 Å². The van der Waals surface area contributed by atoms with E-state index in [0.29, 0.717) is 12.1 Å². The van der Waals surface area contributed by atoms with E-state index < -0.39 is 6.10 Å². The first kappa shape index (κ1) is 15.3. The van der Waals surface area contributed by atoms with E-state index in [0.717, 1.165) is 4.47 Å². The molecule has 1 aromatic rings. The SMILES string of the molecule is COCC(O)CN(C)CC(=O)c1ccccc1Br. The number of Topliss-reactive ketones (excluding diaryl/α,β-unsaturated/α-hetero) is 1. The molecule has 0 fully saturated rings. The van der Waals surface area contributed by atoms with Gasteiger partial charge in [0.15, 0.2) is 5.78 Å². The zero-order valence-corrected chi connectivity index (χ0v) is 12.2. The number of carbonyl (C=O) groups is 1. The molecule has 1 aromatic carbocycles. The van der Waals surface area contributed by atoms with Crippen LogP contribution in [0.25, 0.3) is 0 Å². The number of likely N-dealkylation sites (N-methyl/N-ethyl adjacent to an activating group) is 1. The molecule has 0 aliphatic rings. The Kier molecular flexibility index (Phi) is 6.49. The molecule has 0 aliphatic carbocycles. The van der Waals surface area contributed by atoms with Crippen molar-refractivity contribution < 1.29 is 14.6 Å². The van der Waals surface area contributed by atoms with Crippen molar-refractivity contribution in [2.45, 2.75) is 6.10 Å². The second-order valence-electron chi connectivity index (χ2n) is 4.21. The molecular weight excluding hydrogens is 298 g/mol. The minimum Gasteiger partial charge on any atom is -0.389 e. The number of hydrogen-bond donors (Lipinski definition) is 1. The lowest BCUT2D eigenvalue weighted by atomic mass is 10.1. The predicted molar refractivity (Wildman–Crippen MR) is 73.9 cm³/mol. The Balaban J connectivity index is 2.52. The van der Waals surface area contributed by atoms with Crippen molar-refractivity contribution >= 4 is 21.7 Å². The van der Waals surface area contributed by atoms with Gasteiger partial charge in [0.1, 0.15) is 0 Å². The number of rotatable bonds is 7. The Morgan fingerprint density at radius 3 is 2.78 bits per heavy atom. The van der Waals surface area contributed by atoms with Gasteiger partial charge in [0.2, 0.25) is 0 Å². The number of hydrogen-bond acceptors (Lipinski definition) is 4. The van der Waals surface area contributed by atoms with Crippen LogP contribution in [-0.4, -0.2) is 55.7 Å². The number of aliphatic hydroxyl groups is 1. The highest BCUT2D eigenvalue weighted by molar-refractivity contribution is 9.10. The summed E-state index contributed by atoms with van der Waals surface area (Å²) >= 11 is 3.35. The van der Waals surface area contributed by atoms with Gasteiger partial charge in [-0.2, -0.15) is 0 Å². The van der Waals surface area contributed by atoms with Gasteiger partial charge in [0, 0.05) is 23.7 Å². The highest BCUT2D eigenvalue weighted by Gasteiger charge is 2.14. The van der Waals surface area contributed by atoms with Crippen molar-refractivity contribution in [1.29, 1.82) is 0 Å². The van der Waals surface area contributed by atoms with Crippen LogP contribution in [0.5, 0.6) is 0 Å². The van der Waals surface area contributed by atoms with Crippen LogP contribution in [0.2, 0.25) is 0 Å². The van der Waals surface area contributed by atoms with Crippen LogP contribution in [0.15, 0.2) is 28.7 Å². The Morgan fingerprint density at radius 2 is 2.17 bits per heavy atom. The number of ketones is 1. The Morgan fingerprint density at radius 1 is 1.50 bits per heavy atom. The normalized spacial score (nSPS) is 12.7. The number of methoxy groups -OCH3 is 1. The molecule has 0 bridgehead atoms. The predicted octanol–water partition coefficient (Wildman–Crippen LogP) is 1.57. The fourth-order valence-corrected chi connectivity index (χ4v) is 2.19. The summed E-state index contributed by atoms with van der Waals surface area (Å²) in [5, 5.41) is 9.57. The van der Waals surface area contributed by atoms with Crippen LogP contribution >= 0.6 is 15.9 Å². The summed E-state index contributed by atoms with van der Waals surface area (Å²) < 4.78 is 5.64. The number of ether oxygens (including phenoxy) is 1. The molecule has 0 aromatic heterocycles. The van der Waals surface area contributed by atoms with Crippen molar-refractivity contribution in [2.75, 3.05) is 33.9 Å². The molecule has 0 aliphatic heterocycles. The van der Waals surface area contributed by atoms with E-state index in [1.165, 1.54) is 7.11 Å². The monoisotopic (exact) mass is 315 g/mol. The van der Waals surface area contributed by atoms with Gasteiger partial charge in [-0.3, -0.25) is 9.69 Å². The van der Waals surface area contributed by atoms with Crippen LogP contribution in [-0.2, 0) is 4.74 Å². The van der Waals surface area contributed by atoms with E-state index in [4.69, 9.17) is 4.74 Å². The van der Waals surface area contributed by atoms with Crippen LogP contribution in [0.1, 0.15) is 10.4 Å². The Bertz CT molecular complexity index is 398. The van der Waals surface area contributed by atoms with E-state index in [2.05, 4.69) is 15.9 Å². The highest BCUT2D eigenvalue weighted by Crippen LogP contribution is 2.16. The number of halogens is 1. The molecule has 4 nitrogen and oxygen atoms in total. The molecule has 0 radical (unpaired) electrons. The van der Waals surface area contributed by atoms with Crippen LogP contribution in [0.3, 0.4) is 0 Å². The summed E-state index contributed by atoms with van der Waals surface area (Å²) in [6, 6.07) is 7.32. The smallest absolute Gasteiger partial charge is 0.177 e. The van der Waals surface area contributed by atoms with E-state index in [1.807, 2.05) is 18.2 Å². The molecule has 100 valence electrons. The first-order chi connectivity index (χ1) is 8.54. The maximum Gasteiger partial charge on any atom is 0.177 e. The highest BCUT2D eigenvalue weighted by atomic mass is 79.9. The average Bonchev–Trinajstić information content (AvgIpc) is 2.29. The fourth-order valence-electron chi connectivity index (χ4n) is 1.69. The molecule has 0 saturated heterocycles. The molecular formula is C13H18BrNO3. The molecule has 0 heterocycles. The largest absolute Gasteiger partial charge is 0.389 e. The Hall–Kier alpha value is -0.750. The minimum atomic E-state index is -0.577. The number of carbonyl (C=O) groups excluding carboxylic acids is 1. The standard InChI is InChI=1S/C13H18BrNO3/c1-15(7-10(16)9-18-2)8-13(17)11-5-3-4-6-12(11)14/h3-6,10,16H,7-9H2,1-2H3. The van der Waals surface area contributed by atoms with Crippen molar-refractivity contribution in [3.63, 3.8) is 0 Å². The van der Waals surface area contributed by atoms with Crippen LogP contribution in [0.4, 0.5) is 0 Å². The number of benzene rings is 1. The zero-order chi connectivity index (χ0) is 13.5. The van der Waals surface area contributed by atoms with Gasteiger partial charge < -0.3 is 9.84 Å². The van der Waals surface area contributed by atoms with E-state index >= 15 is 0 Å². The second kappa shape index (κ2) is 7.63. The minimum absolute atomic E-state index is 0.0228. The van der Waals surface area contributed by atoms with Gasteiger partial charge >= 0.3 is 0 Å².